The van der Waals surface area contributed by atoms with E-state index in [1.165, 1.54) is 7.11 Å². The normalized spacial score (nSPS) is 22.0. The quantitative estimate of drug-likeness (QED) is 0.708. The zero-order valence-corrected chi connectivity index (χ0v) is 17.6. The molecule has 2 atom stereocenters. The fourth-order valence-electron chi connectivity index (χ4n) is 4.94. The van der Waals surface area contributed by atoms with Crippen molar-refractivity contribution in [1.29, 1.82) is 0 Å². The van der Waals surface area contributed by atoms with Crippen LogP contribution in [0.4, 0.5) is 5.69 Å². The van der Waals surface area contributed by atoms with Gasteiger partial charge in [-0.2, -0.15) is 0 Å². The highest BCUT2D eigenvalue weighted by Crippen LogP contribution is 2.54. The number of amides is 2. The molecule has 8 heteroatoms. The number of ether oxygens (including phenoxy) is 1. The lowest BCUT2D eigenvalue weighted by atomic mass is 9.74. The summed E-state index contributed by atoms with van der Waals surface area (Å²) < 4.78 is 7.29. The van der Waals surface area contributed by atoms with Crippen molar-refractivity contribution in [3.8, 4) is 5.75 Å². The van der Waals surface area contributed by atoms with Crippen molar-refractivity contribution < 1.29 is 14.3 Å². The van der Waals surface area contributed by atoms with E-state index in [0.29, 0.717) is 30.1 Å². The van der Waals surface area contributed by atoms with Gasteiger partial charge in [0.1, 0.15) is 23.0 Å². The molecule has 5 rings (SSSR count). The molecule has 158 valence electrons. The number of carbonyl (C=O) groups excluding carboxylic acids is 2. The minimum Gasteiger partial charge on any atom is -0.494 e. The molecule has 0 saturated carbocycles. The summed E-state index contributed by atoms with van der Waals surface area (Å²) in [4.78, 5) is 37.8. The molecule has 1 N–H and O–H groups in total. The van der Waals surface area contributed by atoms with Crippen molar-refractivity contribution in [3.05, 3.63) is 71.6 Å². The molecule has 1 aromatic carbocycles. The number of fused-ring (bicyclic) bond motifs is 2. The number of aromatic nitrogens is 3. The molecular weight excluding hydrogens is 394 g/mol. The molecule has 1 saturated heterocycles. The van der Waals surface area contributed by atoms with Crippen LogP contribution in [0, 0.1) is 6.92 Å². The van der Waals surface area contributed by atoms with Crippen molar-refractivity contribution in [2.45, 2.75) is 24.8 Å². The summed E-state index contributed by atoms with van der Waals surface area (Å²) >= 11 is 0. The molecule has 0 bridgehead atoms. The van der Waals surface area contributed by atoms with Crippen molar-refractivity contribution in [3.63, 3.8) is 0 Å². The molecule has 2 aliphatic heterocycles. The van der Waals surface area contributed by atoms with E-state index in [0.717, 1.165) is 16.9 Å². The molecule has 2 aliphatic rings. The number of anilines is 1. The van der Waals surface area contributed by atoms with Gasteiger partial charge < -0.3 is 19.5 Å². The molecular formula is C23H23N5O3. The second-order valence-corrected chi connectivity index (χ2v) is 8.04. The van der Waals surface area contributed by atoms with E-state index in [-0.39, 0.29) is 11.8 Å². The largest absolute Gasteiger partial charge is 0.494 e. The van der Waals surface area contributed by atoms with Crippen LogP contribution in [0.3, 0.4) is 0 Å². The van der Waals surface area contributed by atoms with Gasteiger partial charge in [0.25, 0.3) is 5.91 Å². The first-order valence-electron chi connectivity index (χ1n) is 10.2. The number of pyridine rings is 1. The predicted octanol–water partition coefficient (Wildman–Crippen LogP) is 2.61. The summed E-state index contributed by atoms with van der Waals surface area (Å²) in [6, 6.07) is 8.87. The van der Waals surface area contributed by atoms with Crippen LogP contribution in [-0.2, 0) is 17.3 Å². The topological polar surface area (TPSA) is 89.3 Å². The van der Waals surface area contributed by atoms with E-state index < -0.39 is 11.5 Å². The number of benzene rings is 1. The summed E-state index contributed by atoms with van der Waals surface area (Å²) in [5.74, 6) is 0.771. The minimum absolute atomic E-state index is 0.102. The Labute approximate surface area is 179 Å². The molecule has 2 aromatic heterocycles. The number of hydrogen-bond donors (Lipinski definition) is 1. The van der Waals surface area contributed by atoms with Crippen LogP contribution in [0.1, 0.15) is 39.9 Å². The van der Waals surface area contributed by atoms with Crippen LogP contribution >= 0.6 is 0 Å². The molecule has 0 unspecified atom stereocenters. The summed E-state index contributed by atoms with van der Waals surface area (Å²) in [6.07, 6.45) is 5.59. The standard InChI is InChI=1S/C23H23N5O3/c1-14-12-15(18(31-3)13-25-14)21(29)28-10-8-23(19(28)20-24-9-11-27(20)2)16-6-4-5-7-17(16)26-22(23)30/h4-7,9,11-13,19H,8,10H2,1-3H3,(H,26,30)/t19-,23+/m0/s1. The second-order valence-electron chi connectivity index (χ2n) is 8.04. The lowest BCUT2D eigenvalue weighted by Gasteiger charge is -2.33. The maximum atomic E-state index is 13.8. The Morgan fingerprint density at radius 2 is 2.10 bits per heavy atom. The van der Waals surface area contributed by atoms with E-state index in [1.807, 2.05) is 49.0 Å². The number of para-hydroxylation sites is 1. The Balaban J connectivity index is 1.68. The van der Waals surface area contributed by atoms with Crippen molar-refractivity contribution in [1.82, 2.24) is 19.4 Å². The monoisotopic (exact) mass is 417 g/mol. The van der Waals surface area contributed by atoms with Gasteiger partial charge in [0.15, 0.2) is 0 Å². The van der Waals surface area contributed by atoms with Gasteiger partial charge in [-0.15, -0.1) is 0 Å². The maximum Gasteiger partial charge on any atom is 0.258 e. The van der Waals surface area contributed by atoms with E-state index in [2.05, 4.69) is 15.3 Å². The molecule has 3 aromatic rings. The lowest BCUT2D eigenvalue weighted by Crippen LogP contribution is -2.43. The van der Waals surface area contributed by atoms with Gasteiger partial charge in [-0.3, -0.25) is 14.6 Å². The molecule has 8 nitrogen and oxygen atoms in total. The Morgan fingerprint density at radius 1 is 1.29 bits per heavy atom. The molecule has 1 spiro atoms. The molecule has 31 heavy (non-hydrogen) atoms. The molecule has 0 radical (unpaired) electrons. The summed E-state index contributed by atoms with van der Waals surface area (Å²) in [6.45, 7) is 2.25. The summed E-state index contributed by atoms with van der Waals surface area (Å²) in [5, 5.41) is 3.02. The highest BCUT2D eigenvalue weighted by molar-refractivity contribution is 6.08. The average molecular weight is 417 g/mol. The molecule has 2 amide bonds. The first-order chi connectivity index (χ1) is 15.0. The van der Waals surface area contributed by atoms with Gasteiger partial charge in [0.05, 0.1) is 18.9 Å². The number of nitrogens with one attached hydrogen (secondary N) is 1. The van der Waals surface area contributed by atoms with Crippen LogP contribution < -0.4 is 10.1 Å². The maximum absolute atomic E-state index is 13.8. The van der Waals surface area contributed by atoms with Gasteiger partial charge in [-0.1, -0.05) is 18.2 Å². The van der Waals surface area contributed by atoms with Gasteiger partial charge in [0.2, 0.25) is 5.91 Å². The molecule has 0 aliphatic carbocycles. The van der Waals surface area contributed by atoms with Crippen LogP contribution in [0.25, 0.3) is 0 Å². The van der Waals surface area contributed by atoms with E-state index in [4.69, 9.17) is 4.74 Å². The van der Waals surface area contributed by atoms with Crippen LogP contribution in [0.5, 0.6) is 5.75 Å². The van der Waals surface area contributed by atoms with Gasteiger partial charge in [-0.25, -0.2) is 4.98 Å². The van der Waals surface area contributed by atoms with Crippen molar-refractivity contribution in [2.24, 2.45) is 7.05 Å². The average Bonchev–Trinajstić information content (AvgIpc) is 3.44. The number of carbonyl (C=O) groups is 2. The number of aryl methyl sites for hydroxylation is 2. The lowest BCUT2D eigenvalue weighted by molar-refractivity contribution is -0.121. The fraction of sp³-hybridized carbons (Fsp3) is 0.304. The smallest absolute Gasteiger partial charge is 0.258 e. The van der Waals surface area contributed by atoms with Gasteiger partial charge in [0, 0.05) is 37.4 Å². The minimum atomic E-state index is -0.902. The van der Waals surface area contributed by atoms with Crippen LogP contribution in [-0.4, -0.2) is 44.9 Å². The summed E-state index contributed by atoms with van der Waals surface area (Å²) in [7, 11) is 3.40. The fourth-order valence-corrected chi connectivity index (χ4v) is 4.94. The first-order valence-corrected chi connectivity index (χ1v) is 10.2. The third-order valence-corrected chi connectivity index (χ3v) is 6.40. The van der Waals surface area contributed by atoms with E-state index >= 15 is 0 Å². The van der Waals surface area contributed by atoms with Gasteiger partial charge in [-0.05, 0) is 31.0 Å². The number of hydrogen-bond acceptors (Lipinski definition) is 5. The van der Waals surface area contributed by atoms with Crippen molar-refractivity contribution in [2.75, 3.05) is 19.0 Å². The van der Waals surface area contributed by atoms with E-state index in [1.54, 1.807) is 23.4 Å². The predicted molar refractivity (Wildman–Crippen MR) is 114 cm³/mol. The zero-order chi connectivity index (χ0) is 21.8. The highest BCUT2D eigenvalue weighted by atomic mass is 16.5. The highest BCUT2D eigenvalue weighted by Gasteiger charge is 2.60. The number of rotatable bonds is 3. The number of nitrogens with zero attached hydrogens (tertiary/aromatic N) is 4. The third-order valence-electron chi connectivity index (χ3n) is 6.40. The van der Waals surface area contributed by atoms with Crippen LogP contribution in [0.2, 0.25) is 0 Å². The first kappa shape index (κ1) is 19.3. The van der Waals surface area contributed by atoms with Gasteiger partial charge >= 0.3 is 0 Å². The Kier molecular flexibility index (Phi) is 4.32. The van der Waals surface area contributed by atoms with E-state index in [9.17, 15) is 9.59 Å². The zero-order valence-electron chi connectivity index (χ0n) is 17.6. The Hall–Kier alpha value is -3.68. The third kappa shape index (κ3) is 2.67. The number of imidazole rings is 1. The Morgan fingerprint density at radius 3 is 2.84 bits per heavy atom. The SMILES string of the molecule is COc1cnc(C)cc1C(=O)N1CC[C@]2(C(=O)Nc3ccccc32)[C@@H]1c1nccn1C. The second kappa shape index (κ2) is 6.94. The van der Waals surface area contributed by atoms with Crippen LogP contribution in [0.15, 0.2) is 48.9 Å². The molecule has 4 heterocycles. The Bertz CT molecular complexity index is 1200. The summed E-state index contributed by atoms with van der Waals surface area (Å²) in [5.41, 5.74) is 1.94. The number of methoxy groups -OCH3 is 1. The molecule has 1 fully saturated rings. The number of likely N-dealkylation sites (tertiary alicyclic amines) is 1. The van der Waals surface area contributed by atoms with Crippen molar-refractivity contribution >= 4 is 17.5 Å².